The number of nitrogens with one attached hydrogen (secondary N) is 2. The van der Waals surface area contributed by atoms with Gasteiger partial charge in [0.05, 0.1) is 0 Å². The van der Waals surface area contributed by atoms with E-state index < -0.39 is 41.1 Å². The molecule has 35 heavy (non-hydrogen) atoms. The lowest BCUT2D eigenvalue weighted by molar-refractivity contribution is -0.148. The molecular formula is C26H42N4O5. The van der Waals surface area contributed by atoms with Gasteiger partial charge in [0.15, 0.2) is 0 Å². The number of carbonyl (C=O) groups excluding carboxylic acids is 4. The number of nitrogens with two attached hydrogens (primary N) is 1. The Bertz CT molecular complexity index is 915. The normalized spacial score (nSPS) is 13.5. The highest BCUT2D eigenvalue weighted by molar-refractivity contribution is 5.93. The molecule has 1 rings (SSSR count). The molecule has 0 spiro atoms. The summed E-state index contributed by atoms with van der Waals surface area (Å²) in [6.45, 7) is 16.2. The van der Waals surface area contributed by atoms with E-state index in [-0.39, 0.29) is 24.8 Å². The Balaban J connectivity index is 3.56. The third-order valence-electron chi connectivity index (χ3n) is 4.92. The molecule has 2 atom stereocenters. The van der Waals surface area contributed by atoms with Gasteiger partial charge in [-0.3, -0.25) is 14.4 Å². The van der Waals surface area contributed by atoms with E-state index in [9.17, 15) is 19.2 Å². The van der Waals surface area contributed by atoms with Gasteiger partial charge in [-0.05, 0) is 74.3 Å². The summed E-state index contributed by atoms with van der Waals surface area (Å²) in [5.41, 5.74) is 5.30. The number of rotatable bonds is 9. The SMILES string of the molecule is Cc1cccc(C(C(=O)NC(C)C)N(C(=O)C(CCC(N)=O)NC(=O)OC(C)(C)C)C(C)(C)C)c1. The number of aryl methyl sites for hydroxylation is 1. The highest BCUT2D eigenvalue weighted by Gasteiger charge is 2.42. The summed E-state index contributed by atoms with van der Waals surface area (Å²) in [5, 5.41) is 5.50. The molecule has 0 heterocycles. The first kappa shape index (κ1) is 29.9. The van der Waals surface area contributed by atoms with E-state index >= 15 is 0 Å². The van der Waals surface area contributed by atoms with Gasteiger partial charge in [-0.15, -0.1) is 0 Å². The van der Waals surface area contributed by atoms with Crippen molar-refractivity contribution in [2.75, 3.05) is 0 Å². The lowest BCUT2D eigenvalue weighted by Gasteiger charge is -2.43. The number of nitrogens with zero attached hydrogens (tertiary/aromatic N) is 1. The zero-order valence-corrected chi connectivity index (χ0v) is 22.5. The van der Waals surface area contributed by atoms with Crippen molar-refractivity contribution in [1.82, 2.24) is 15.5 Å². The number of benzene rings is 1. The van der Waals surface area contributed by atoms with Crippen LogP contribution in [0.5, 0.6) is 0 Å². The molecule has 0 aliphatic heterocycles. The van der Waals surface area contributed by atoms with Crippen LogP contribution >= 0.6 is 0 Å². The standard InChI is InChI=1S/C26H42N4O5/c1-16(2)28-22(32)21(18-12-10-11-17(3)15-18)30(25(4,5)6)23(33)19(13-14-20(27)31)29-24(34)35-26(7,8)9/h10-12,15-16,19,21H,13-14H2,1-9H3,(H2,27,31)(H,28,32)(H,29,34). The minimum Gasteiger partial charge on any atom is -0.444 e. The molecule has 0 saturated heterocycles. The van der Waals surface area contributed by atoms with Crippen molar-refractivity contribution in [2.24, 2.45) is 5.73 Å². The van der Waals surface area contributed by atoms with Crippen LogP contribution in [-0.4, -0.2) is 51.9 Å². The van der Waals surface area contributed by atoms with E-state index in [4.69, 9.17) is 10.5 Å². The van der Waals surface area contributed by atoms with Gasteiger partial charge in [0.25, 0.3) is 0 Å². The van der Waals surface area contributed by atoms with Gasteiger partial charge in [0.1, 0.15) is 17.7 Å². The molecule has 0 fully saturated rings. The summed E-state index contributed by atoms with van der Waals surface area (Å²) in [6, 6.07) is 5.13. The molecule has 4 amide bonds. The third-order valence-corrected chi connectivity index (χ3v) is 4.92. The number of primary amides is 1. The predicted molar refractivity (Wildman–Crippen MR) is 135 cm³/mol. The molecule has 0 aromatic heterocycles. The van der Waals surface area contributed by atoms with E-state index in [0.29, 0.717) is 5.56 Å². The van der Waals surface area contributed by atoms with Gasteiger partial charge in [-0.2, -0.15) is 0 Å². The molecule has 0 saturated carbocycles. The van der Waals surface area contributed by atoms with E-state index in [1.165, 1.54) is 4.90 Å². The van der Waals surface area contributed by atoms with Crippen LogP contribution in [0.25, 0.3) is 0 Å². The minimum atomic E-state index is -1.13. The van der Waals surface area contributed by atoms with E-state index in [1.807, 2.05) is 59.7 Å². The monoisotopic (exact) mass is 490 g/mol. The summed E-state index contributed by atoms with van der Waals surface area (Å²) >= 11 is 0. The smallest absolute Gasteiger partial charge is 0.408 e. The van der Waals surface area contributed by atoms with Crippen LogP contribution in [0.3, 0.4) is 0 Å². The summed E-state index contributed by atoms with van der Waals surface area (Å²) in [4.78, 5) is 53.0. The van der Waals surface area contributed by atoms with Gasteiger partial charge in [-0.1, -0.05) is 29.8 Å². The zero-order valence-electron chi connectivity index (χ0n) is 22.5. The molecule has 1 aromatic carbocycles. The second-order valence-electron chi connectivity index (χ2n) is 11.1. The topological polar surface area (TPSA) is 131 Å². The Hall–Kier alpha value is -3.10. The van der Waals surface area contributed by atoms with Gasteiger partial charge in [0, 0.05) is 18.0 Å². The molecule has 0 aliphatic rings. The van der Waals surface area contributed by atoms with Crippen molar-refractivity contribution in [1.29, 1.82) is 0 Å². The van der Waals surface area contributed by atoms with Crippen molar-refractivity contribution in [3.05, 3.63) is 35.4 Å². The predicted octanol–water partition coefficient (Wildman–Crippen LogP) is 3.35. The summed E-state index contributed by atoms with van der Waals surface area (Å²) in [6.07, 6.45) is -0.961. The van der Waals surface area contributed by atoms with Gasteiger partial charge in [0.2, 0.25) is 17.7 Å². The number of carbonyl (C=O) groups is 4. The van der Waals surface area contributed by atoms with Gasteiger partial charge < -0.3 is 26.0 Å². The molecule has 4 N–H and O–H groups in total. The second kappa shape index (κ2) is 12.0. The van der Waals surface area contributed by atoms with Crippen LogP contribution in [-0.2, 0) is 19.1 Å². The summed E-state index contributed by atoms with van der Waals surface area (Å²) < 4.78 is 5.34. The van der Waals surface area contributed by atoms with E-state index in [1.54, 1.807) is 26.8 Å². The fourth-order valence-corrected chi connectivity index (χ4v) is 3.63. The summed E-state index contributed by atoms with van der Waals surface area (Å²) in [7, 11) is 0. The number of hydrogen-bond donors (Lipinski definition) is 3. The molecule has 0 radical (unpaired) electrons. The first-order valence-electron chi connectivity index (χ1n) is 11.9. The molecule has 1 aromatic rings. The first-order valence-corrected chi connectivity index (χ1v) is 11.9. The Kier molecular flexibility index (Phi) is 10.3. The zero-order chi connectivity index (χ0) is 27.1. The Morgan fingerprint density at radius 1 is 1.03 bits per heavy atom. The molecule has 0 bridgehead atoms. The highest BCUT2D eigenvalue weighted by atomic mass is 16.6. The average molecular weight is 491 g/mol. The van der Waals surface area contributed by atoms with Crippen molar-refractivity contribution in [3.63, 3.8) is 0 Å². The van der Waals surface area contributed by atoms with Crippen LogP contribution in [0.15, 0.2) is 24.3 Å². The average Bonchev–Trinajstić information content (AvgIpc) is 2.65. The van der Waals surface area contributed by atoms with Crippen molar-refractivity contribution < 1.29 is 23.9 Å². The van der Waals surface area contributed by atoms with Gasteiger partial charge in [-0.25, -0.2) is 4.79 Å². The molecule has 196 valence electrons. The number of ether oxygens (including phenoxy) is 1. The number of amides is 4. The van der Waals surface area contributed by atoms with Crippen molar-refractivity contribution in [3.8, 4) is 0 Å². The fourth-order valence-electron chi connectivity index (χ4n) is 3.63. The third kappa shape index (κ3) is 9.96. The fraction of sp³-hybridized carbons (Fsp3) is 0.615. The van der Waals surface area contributed by atoms with Crippen LogP contribution in [0.4, 0.5) is 4.79 Å². The lowest BCUT2D eigenvalue weighted by Crippen LogP contribution is -2.59. The summed E-state index contributed by atoms with van der Waals surface area (Å²) in [5.74, 6) is -1.47. The number of hydrogen-bond acceptors (Lipinski definition) is 5. The van der Waals surface area contributed by atoms with Crippen LogP contribution in [0.1, 0.15) is 85.4 Å². The minimum absolute atomic E-state index is 0.0354. The Morgan fingerprint density at radius 2 is 1.63 bits per heavy atom. The van der Waals surface area contributed by atoms with Crippen molar-refractivity contribution >= 4 is 23.8 Å². The van der Waals surface area contributed by atoms with Crippen LogP contribution in [0.2, 0.25) is 0 Å². The maximum absolute atomic E-state index is 14.0. The largest absolute Gasteiger partial charge is 0.444 e. The number of alkyl carbamates (subject to hydrolysis) is 1. The Labute approximate surface area is 209 Å². The van der Waals surface area contributed by atoms with E-state index in [2.05, 4.69) is 10.6 Å². The molecule has 9 nitrogen and oxygen atoms in total. The highest BCUT2D eigenvalue weighted by Crippen LogP contribution is 2.31. The second-order valence-corrected chi connectivity index (χ2v) is 11.1. The first-order chi connectivity index (χ1) is 15.9. The molecule has 9 heteroatoms. The molecule has 2 unspecified atom stereocenters. The van der Waals surface area contributed by atoms with E-state index in [0.717, 1.165) is 5.56 Å². The quantitative estimate of drug-likeness (QED) is 0.489. The van der Waals surface area contributed by atoms with Crippen LogP contribution in [0, 0.1) is 6.92 Å². The molecule has 0 aliphatic carbocycles. The Morgan fingerprint density at radius 3 is 2.09 bits per heavy atom. The maximum atomic E-state index is 14.0. The van der Waals surface area contributed by atoms with Crippen molar-refractivity contribution in [2.45, 2.75) is 104 Å². The molecular weight excluding hydrogens is 448 g/mol. The maximum Gasteiger partial charge on any atom is 0.408 e. The lowest BCUT2D eigenvalue weighted by atomic mass is 9.94. The van der Waals surface area contributed by atoms with Gasteiger partial charge >= 0.3 is 6.09 Å². The van der Waals surface area contributed by atoms with Crippen LogP contribution < -0.4 is 16.4 Å².